The maximum atomic E-state index is 3.72. The highest BCUT2D eigenvalue weighted by molar-refractivity contribution is 4.85. The highest BCUT2D eigenvalue weighted by Gasteiger charge is 2.27. The minimum absolute atomic E-state index is 0.281. The van der Waals surface area contributed by atoms with Gasteiger partial charge in [0.05, 0.1) is 0 Å². The van der Waals surface area contributed by atoms with E-state index in [0.29, 0.717) is 0 Å². The lowest BCUT2D eigenvalue weighted by atomic mass is 10.00. The Morgan fingerprint density at radius 3 is 2.13 bits per heavy atom. The van der Waals surface area contributed by atoms with Crippen molar-refractivity contribution in [2.24, 2.45) is 5.92 Å². The zero-order chi connectivity index (χ0) is 10.9. The Morgan fingerprint density at radius 1 is 1.07 bits per heavy atom. The summed E-state index contributed by atoms with van der Waals surface area (Å²) in [6.07, 6.45) is 5.65. The Hall–Kier alpha value is -0.0800. The molecule has 0 spiro atoms. The van der Waals surface area contributed by atoms with Crippen molar-refractivity contribution in [2.75, 3.05) is 19.6 Å². The van der Waals surface area contributed by atoms with Crippen molar-refractivity contribution in [3.8, 4) is 0 Å². The van der Waals surface area contributed by atoms with E-state index in [1.807, 2.05) is 0 Å². The molecule has 1 aliphatic carbocycles. The van der Waals surface area contributed by atoms with Crippen molar-refractivity contribution in [1.29, 1.82) is 0 Å². The van der Waals surface area contributed by atoms with Gasteiger partial charge in [-0.25, -0.2) is 0 Å². The SMILES string of the molecule is CC(C)(C)NC1CCN(CC2CC2)CC1. The molecule has 1 heterocycles. The summed E-state index contributed by atoms with van der Waals surface area (Å²) < 4.78 is 0. The van der Waals surface area contributed by atoms with Crippen molar-refractivity contribution in [2.45, 2.75) is 58.0 Å². The summed E-state index contributed by atoms with van der Waals surface area (Å²) in [6.45, 7) is 10.8. The molecule has 0 aromatic heterocycles. The second-order valence-corrected chi connectivity index (χ2v) is 6.41. The molecule has 2 fully saturated rings. The summed E-state index contributed by atoms with van der Waals surface area (Å²) in [5.74, 6) is 1.05. The maximum absolute atomic E-state index is 3.72. The molecule has 1 aliphatic heterocycles. The molecule has 0 unspecified atom stereocenters. The van der Waals surface area contributed by atoms with E-state index in [1.54, 1.807) is 0 Å². The molecule has 0 aromatic carbocycles. The molecule has 0 bridgehead atoms. The quantitative estimate of drug-likeness (QED) is 0.768. The Bertz CT molecular complexity index is 195. The predicted octanol–water partition coefficient (Wildman–Crippen LogP) is 2.25. The van der Waals surface area contributed by atoms with Crippen LogP contribution in [0.1, 0.15) is 46.5 Å². The number of nitrogens with zero attached hydrogens (tertiary/aromatic N) is 1. The second-order valence-electron chi connectivity index (χ2n) is 6.41. The van der Waals surface area contributed by atoms with Crippen molar-refractivity contribution < 1.29 is 0 Å². The fourth-order valence-electron chi connectivity index (χ4n) is 2.54. The highest BCUT2D eigenvalue weighted by atomic mass is 15.2. The standard InChI is InChI=1S/C13H26N2/c1-13(2,3)14-12-6-8-15(9-7-12)10-11-4-5-11/h11-12,14H,4-10H2,1-3H3. The van der Waals surface area contributed by atoms with Crippen LogP contribution in [0.4, 0.5) is 0 Å². The van der Waals surface area contributed by atoms with Gasteiger partial charge >= 0.3 is 0 Å². The molecule has 1 N–H and O–H groups in total. The average Bonchev–Trinajstić information content (AvgIpc) is 2.90. The Kier molecular flexibility index (Phi) is 3.36. The topological polar surface area (TPSA) is 15.3 Å². The summed E-state index contributed by atoms with van der Waals surface area (Å²) in [5, 5.41) is 3.72. The second kappa shape index (κ2) is 4.42. The molecule has 88 valence electrons. The molecule has 0 aromatic rings. The Labute approximate surface area is 94.4 Å². The van der Waals surface area contributed by atoms with E-state index in [2.05, 4.69) is 31.0 Å². The van der Waals surface area contributed by atoms with Gasteiger partial charge in [-0.3, -0.25) is 0 Å². The van der Waals surface area contributed by atoms with E-state index in [1.165, 1.54) is 45.3 Å². The largest absolute Gasteiger partial charge is 0.309 e. The first-order chi connectivity index (χ1) is 7.03. The fraction of sp³-hybridized carbons (Fsp3) is 1.00. The summed E-state index contributed by atoms with van der Waals surface area (Å²) in [4.78, 5) is 2.67. The molecule has 0 atom stereocenters. The molecular weight excluding hydrogens is 184 g/mol. The Morgan fingerprint density at radius 2 is 1.67 bits per heavy atom. The van der Waals surface area contributed by atoms with Gasteiger partial charge in [0.2, 0.25) is 0 Å². The number of piperidine rings is 1. The number of nitrogens with one attached hydrogen (secondary N) is 1. The van der Waals surface area contributed by atoms with Gasteiger partial charge in [-0.05, 0) is 65.5 Å². The summed E-state index contributed by atoms with van der Waals surface area (Å²) >= 11 is 0. The first-order valence-corrected chi connectivity index (χ1v) is 6.53. The van der Waals surface area contributed by atoms with Gasteiger partial charge in [-0.15, -0.1) is 0 Å². The van der Waals surface area contributed by atoms with Crippen LogP contribution in [0.15, 0.2) is 0 Å². The van der Waals surface area contributed by atoms with Gasteiger partial charge in [-0.1, -0.05) is 0 Å². The fourth-order valence-corrected chi connectivity index (χ4v) is 2.54. The van der Waals surface area contributed by atoms with Gasteiger partial charge in [0.25, 0.3) is 0 Å². The summed E-state index contributed by atoms with van der Waals surface area (Å²) in [6, 6.07) is 0.750. The van der Waals surface area contributed by atoms with E-state index in [9.17, 15) is 0 Å². The third kappa shape index (κ3) is 4.12. The van der Waals surface area contributed by atoms with Crippen LogP contribution in [-0.2, 0) is 0 Å². The van der Waals surface area contributed by atoms with Crippen LogP contribution < -0.4 is 5.32 Å². The Balaban J connectivity index is 1.67. The van der Waals surface area contributed by atoms with Gasteiger partial charge in [0.1, 0.15) is 0 Å². The van der Waals surface area contributed by atoms with Crippen molar-refractivity contribution >= 4 is 0 Å². The van der Waals surface area contributed by atoms with Crippen LogP contribution in [-0.4, -0.2) is 36.1 Å². The van der Waals surface area contributed by atoms with Crippen LogP contribution in [0.5, 0.6) is 0 Å². The number of hydrogen-bond donors (Lipinski definition) is 1. The summed E-state index contributed by atoms with van der Waals surface area (Å²) in [5.41, 5.74) is 0.281. The van der Waals surface area contributed by atoms with Crippen LogP contribution in [0.25, 0.3) is 0 Å². The molecule has 0 radical (unpaired) electrons. The third-order valence-corrected chi connectivity index (χ3v) is 3.44. The molecule has 15 heavy (non-hydrogen) atoms. The van der Waals surface area contributed by atoms with Gasteiger partial charge in [0, 0.05) is 18.1 Å². The number of likely N-dealkylation sites (tertiary alicyclic amines) is 1. The minimum Gasteiger partial charge on any atom is -0.309 e. The number of rotatable bonds is 3. The lowest BCUT2D eigenvalue weighted by Crippen LogP contribution is -2.49. The van der Waals surface area contributed by atoms with Crippen LogP contribution in [0, 0.1) is 5.92 Å². The van der Waals surface area contributed by atoms with Crippen LogP contribution in [0.3, 0.4) is 0 Å². The predicted molar refractivity (Wildman–Crippen MR) is 65.1 cm³/mol. The monoisotopic (exact) mass is 210 g/mol. The van der Waals surface area contributed by atoms with Gasteiger partial charge in [0.15, 0.2) is 0 Å². The van der Waals surface area contributed by atoms with Gasteiger partial charge in [-0.2, -0.15) is 0 Å². The molecule has 2 heteroatoms. The third-order valence-electron chi connectivity index (χ3n) is 3.44. The van der Waals surface area contributed by atoms with Gasteiger partial charge < -0.3 is 10.2 Å². The zero-order valence-corrected chi connectivity index (χ0v) is 10.6. The maximum Gasteiger partial charge on any atom is 0.00991 e. The zero-order valence-electron chi connectivity index (χ0n) is 10.6. The minimum atomic E-state index is 0.281. The smallest absolute Gasteiger partial charge is 0.00991 e. The van der Waals surface area contributed by atoms with Crippen LogP contribution in [0.2, 0.25) is 0 Å². The van der Waals surface area contributed by atoms with Crippen molar-refractivity contribution in [3.63, 3.8) is 0 Å². The highest BCUT2D eigenvalue weighted by Crippen LogP contribution is 2.30. The number of hydrogen-bond acceptors (Lipinski definition) is 2. The molecule has 1 saturated heterocycles. The molecule has 2 rings (SSSR count). The van der Waals surface area contributed by atoms with E-state index in [-0.39, 0.29) is 5.54 Å². The van der Waals surface area contributed by atoms with Crippen molar-refractivity contribution in [1.82, 2.24) is 10.2 Å². The van der Waals surface area contributed by atoms with E-state index in [0.717, 1.165) is 12.0 Å². The normalized spacial score (nSPS) is 25.8. The van der Waals surface area contributed by atoms with Crippen molar-refractivity contribution in [3.05, 3.63) is 0 Å². The molecular formula is C13H26N2. The van der Waals surface area contributed by atoms with E-state index >= 15 is 0 Å². The lowest BCUT2D eigenvalue weighted by Gasteiger charge is -2.36. The molecule has 1 saturated carbocycles. The van der Waals surface area contributed by atoms with E-state index in [4.69, 9.17) is 0 Å². The average molecular weight is 210 g/mol. The molecule has 2 nitrogen and oxygen atoms in total. The molecule has 0 amide bonds. The first-order valence-electron chi connectivity index (χ1n) is 6.53. The summed E-state index contributed by atoms with van der Waals surface area (Å²) in [7, 11) is 0. The lowest BCUT2D eigenvalue weighted by molar-refractivity contribution is 0.176. The molecule has 2 aliphatic rings. The van der Waals surface area contributed by atoms with Crippen LogP contribution >= 0.6 is 0 Å². The van der Waals surface area contributed by atoms with E-state index < -0.39 is 0 Å². The first kappa shape index (κ1) is 11.4.